The van der Waals surface area contributed by atoms with E-state index < -0.39 is 18.0 Å². The fourth-order valence-corrected chi connectivity index (χ4v) is 1.14. The van der Waals surface area contributed by atoms with Crippen molar-refractivity contribution in [3.8, 4) is 5.75 Å². The second kappa shape index (κ2) is 5.89. The molecule has 0 unspecified atom stereocenters. The summed E-state index contributed by atoms with van der Waals surface area (Å²) < 4.78 is 9.93. The molecule has 5 heteroatoms. The van der Waals surface area contributed by atoms with Gasteiger partial charge in [-0.3, -0.25) is 4.79 Å². The average Bonchev–Trinajstić information content (AvgIpc) is 2.26. The number of ether oxygens (including phenoxy) is 2. The van der Waals surface area contributed by atoms with Crippen molar-refractivity contribution < 1.29 is 19.1 Å². The Kier molecular flexibility index (Phi) is 4.51. The number of hydrogen-bond donors (Lipinski definition) is 1. The van der Waals surface area contributed by atoms with Crippen LogP contribution in [0.5, 0.6) is 5.75 Å². The molecule has 17 heavy (non-hydrogen) atoms. The molecule has 1 rings (SSSR count). The number of nitrogens with two attached hydrogens (primary N) is 1. The fourth-order valence-electron chi connectivity index (χ4n) is 1.14. The summed E-state index contributed by atoms with van der Waals surface area (Å²) in [5.41, 5.74) is 5.98. The second-order valence-electron chi connectivity index (χ2n) is 3.64. The first-order chi connectivity index (χ1) is 7.99. The van der Waals surface area contributed by atoms with Crippen LogP contribution >= 0.6 is 0 Å². The molecule has 0 aliphatic carbocycles. The lowest BCUT2D eigenvalue weighted by molar-refractivity contribution is -0.155. The third-order valence-corrected chi connectivity index (χ3v) is 2.06. The van der Waals surface area contributed by atoms with Crippen LogP contribution in [0.4, 0.5) is 0 Å². The summed E-state index contributed by atoms with van der Waals surface area (Å²) >= 11 is 0. The van der Waals surface area contributed by atoms with E-state index in [0.29, 0.717) is 5.75 Å². The minimum absolute atomic E-state index is 0.249. The van der Waals surface area contributed by atoms with Crippen LogP contribution in [0.15, 0.2) is 24.3 Å². The third-order valence-electron chi connectivity index (χ3n) is 2.06. The maximum absolute atomic E-state index is 11.3. The molecule has 5 nitrogen and oxygen atoms in total. The number of hydrogen-bond acceptors (Lipinski definition) is 4. The molecule has 0 aliphatic rings. The summed E-state index contributed by atoms with van der Waals surface area (Å²) in [5.74, 6) is -0.736. The van der Waals surface area contributed by atoms with Gasteiger partial charge in [0.1, 0.15) is 5.75 Å². The van der Waals surface area contributed by atoms with Crippen LogP contribution in [0.3, 0.4) is 0 Å². The predicted molar refractivity (Wildman–Crippen MR) is 61.4 cm³/mol. The van der Waals surface area contributed by atoms with Gasteiger partial charge in [-0.15, -0.1) is 0 Å². The Morgan fingerprint density at radius 1 is 1.41 bits per heavy atom. The predicted octanol–water partition coefficient (Wildman–Crippen LogP) is 0.791. The van der Waals surface area contributed by atoms with E-state index in [4.69, 9.17) is 15.2 Å². The number of rotatable bonds is 5. The van der Waals surface area contributed by atoms with Gasteiger partial charge in [0.2, 0.25) is 0 Å². The van der Waals surface area contributed by atoms with Crippen LogP contribution in [0.2, 0.25) is 0 Å². The second-order valence-corrected chi connectivity index (χ2v) is 3.64. The van der Waals surface area contributed by atoms with Crippen molar-refractivity contribution in [3.63, 3.8) is 0 Å². The highest BCUT2D eigenvalue weighted by Gasteiger charge is 2.14. The fraction of sp³-hybridized carbons (Fsp3) is 0.333. The van der Waals surface area contributed by atoms with Crippen molar-refractivity contribution in [1.82, 2.24) is 0 Å². The summed E-state index contributed by atoms with van der Waals surface area (Å²) in [6.07, 6.45) is -0.941. The first kappa shape index (κ1) is 13.0. The van der Waals surface area contributed by atoms with Crippen molar-refractivity contribution in [2.24, 2.45) is 5.73 Å². The molecule has 1 aromatic carbocycles. The number of carbonyl (C=O) groups excluding carboxylic acids is 2. The molecule has 92 valence electrons. The van der Waals surface area contributed by atoms with Gasteiger partial charge in [-0.2, -0.15) is 0 Å². The average molecular weight is 237 g/mol. The first-order valence-electron chi connectivity index (χ1n) is 5.17. The zero-order valence-corrected chi connectivity index (χ0v) is 9.80. The molecule has 1 atom stereocenters. The molecule has 0 bridgehead atoms. The van der Waals surface area contributed by atoms with Gasteiger partial charge in [-0.1, -0.05) is 12.1 Å². The van der Waals surface area contributed by atoms with Gasteiger partial charge in [0, 0.05) is 0 Å². The molecule has 0 radical (unpaired) electrons. The van der Waals surface area contributed by atoms with Gasteiger partial charge in [-0.05, 0) is 31.5 Å². The third kappa shape index (κ3) is 4.55. The summed E-state index contributed by atoms with van der Waals surface area (Å²) in [6.45, 7) is 3.08. The minimum Gasteiger partial charge on any atom is -0.482 e. The van der Waals surface area contributed by atoms with Gasteiger partial charge < -0.3 is 15.2 Å². The topological polar surface area (TPSA) is 78.6 Å². The Balaban J connectivity index is 2.41. The molecule has 1 amide bonds. The quantitative estimate of drug-likeness (QED) is 0.768. The summed E-state index contributed by atoms with van der Waals surface area (Å²) in [4.78, 5) is 21.9. The monoisotopic (exact) mass is 237 g/mol. The van der Waals surface area contributed by atoms with Crippen LogP contribution in [0.25, 0.3) is 0 Å². The van der Waals surface area contributed by atoms with Crippen LogP contribution < -0.4 is 10.5 Å². The lowest BCUT2D eigenvalue weighted by Gasteiger charge is -2.10. The molecule has 0 heterocycles. The molecule has 0 spiro atoms. The van der Waals surface area contributed by atoms with E-state index >= 15 is 0 Å². The summed E-state index contributed by atoms with van der Waals surface area (Å²) in [7, 11) is 0. The van der Waals surface area contributed by atoms with Gasteiger partial charge in [0.25, 0.3) is 5.91 Å². The SMILES string of the molecule is Cc1cccc(OCC(=O)O[C@@H](C)C(N)=O)c1. The number of aryl methyl sites for hydroxylation is 1. The van der Waals surface area contributed by atoms with E-state index in [2.05, 4.69) is 0 Å². The maximum atomic E-state index is 11.3. The molecule has 0 saturated carbocycles. The van der Waals surface area contributed by atoms with Gasteiger partial charge in [-0.25, -0.2) is 4.79 Å². The Labute approximate surface area is 99.5 Å². The van der Waals surface area contributed by atoms with E-state index in [0.717, 1.165) is 5.56 Å². The highest BCUT2D eigenvalue weighted by atomic mass is 16.6. The summed E-state index contributed by atoms with van der Waals surface area (Å²) in [6, 6.07) is 7.27. The zero-order chi connectivity index (χ0) is 12.8. The molecular formula is C12H15NO4. The van der Waals surface area contributed by atoms with Gasteiger partial charge in [0.15, 0.2) is 12.7 Å². The highest BCUT2D eigenvalue weighted by molar-refractivity contribution is 5.82. The Bertz CT molecular complexity index is 417. The van der Waals surface area contributed by atoms with E-state index in [1.165, 1.54) is 6.92 Å². The summed E-state index contributed by atoms with van der Waals surface area (Å²) in [5, 5.41) is 0. The van der Waals surface area contributed by atoms with E-state index in [1.807, 2.05) is 19.1 Å². The van der Waals surface area contributed by atoms with Gasteiger partial charge >= 0.3 is 5.97 Å². The van der Waals surface area contributed by atoms with E-state index in [-0.39, 0.29) is 6.61 Å². The van der Waals surface area contributed by atoms with E-state index in [9.17, 15) is 9.59 Å². The lowest BCUT2D eigenvalue weighted by Crippen LogP contribution is -2.32. The highest BCUT2D eigenvalue weighted by Crippen LogP contribution is 2.12. The van der Waals surface area contributed by atoms with Crippen molar-refractivity contribution in [3.05, 3.63) is 29.8 Å². The molecular weight excluding hydrogens is 222 g/mol. The first-order valence-corrected chi connectivity index (χ1v) is 5.17. The van der Waals surface area contributed by atoms with Crippen LogP contribution in [-0.4, -0.2) is 24.6 Å². The van der Waals surface area contributed by atoms with Crippen molar-refractivity contribution >= 4 is 11.9 Å². The number of amides is 1. The normalized spacial score (nSPS) is 11.6. The van der Waals surface area contributed by atoms with Crippen molar-refractivity contribution in [1.29, 1.82) is 0 Å². The van der Waals surface area contributed by atoms with Crippen LogP contribution in [-0.2, 0) is 14.3 Å². The molecule has 1 aromatic rings. The Hall–Kier alpha value is -2.04. The molecule has 0 saturated heterocycles. The number of benzene rings is 1. The van der Waals surface area contributed by atoms with Crippen LogP contribution in [0, 0.1) is 6.92 Å². The van der Waals surface area contributed by atoms with Crippen molar-refractivity contribution in [2.45, 2.75) is 20.0 Å². The number of esters is 1. The largest absolute Gasteiger partial charge is 0.482 e. The molecule has 2 N–H and O–H groups in total. The minimum atomic E-state index is -0.941. The zero-order valence-electron chi connectivity index (χ0n) is 9.80. The molecule has 0 fully saturated rings. The maximum Gasteiger partial charge on any atom is 0.344 e. The Morgan fingerprint density at radius 3 is 2.71 bits per heavy atom. The Morgan fingerprint density at radius 2 is 2.12 bits per heavy atom. The lowest BCUT2D eigenvalue weighted by atomic mass is 10.2. The van der Waals surface area contributed by atoms with Crippen LogP contribution in [0.1, 0.15) is 12.5 Å². The van der Waals surface area contributed by atoms with Gasteiger partial charge in [0.05, 0.1) is 0 Å². The molecule has 0 aromatic heterocycles. The molecule has 0 aliphatic heterocycles. The number of primary amides is 1. The van der Waals surface area contributed by atoms with Crippen molar-refractivity contribution in [2.75, 3.05) is 6.61 Å². The standard InChI is InChI=1S/C12H15NO4/c1-8-4-3-5-10(6-8)16-7-11(14)17-9(2)12(13)15/h3-6,9H,7H2,1-2H3,(H2,13,15)/t9-/m0/s1. The van der Waals surface area contributed by atoms with E-state index in [1.54, 1.807) is 12.1 Å². The number of carbonyl (C=O) groups is 2. The smallest absolute Gasteiger partial charge is 0.344 e.